The van der Waals surface area contributed by atoms with Gasteiger partial charge in [-0.3, -0.25) is 0 Å². The van der Waals surface area contributed by atoms with Crippen molar-refractivity contribution in [1.82, 2.24) is 0 Å². The van der Waals surface area contributed by atoms with Gasteiger partial charge in [0.1, 0.15) is 0 Å². The average Bonchev–Trinajstić information content (AvgIpc) is 3.46. The molecule has 8 aromatic carbocycles. The summed E-state index contributed by atoms with van der Waals surface area (Å²) in [5, 5.41) is 8.81. The molecule has 200 valence electrons. The first-order valence-electron chi connectivity index (χ1n) is 16.0. The molecule has 0 nitrogen and oxygen atoms in total. The molecule has 0 bridgehead atoms. The monoisotopic (exact) mass is 565 g/mol. The van der Waals surface area contributed by atoms with E-state index in [2.05, 4.69) is 97.1 Å². The minimum absolute atomic E-state index is 0.193. The molecule has 0 spiro atoms. The lowest BCUT2D eigenvalue weighted by atomic mass is 9.86. The Morgan fingerprint density at radius 1 is 0.395 bits per heavy atom. The van der Waals surface area contributed by atoms with Gasteiger partial charge in [0.25, 0.3) is 0 Å². The number of rotatable bonds is 3. The number of benzene rings is 8. The molecule has 0 fully saturated rings. The maximum Gasteiger partial charge on any atom is 0.0623 e. The number of fused-ring (bicyclic) bond motifs is 6. The van der Waals surface area contributed by atoms with Crippen LogP contribution >= 0.6 is 11.3 Å². The van der Waals surface area contributed by atoms with E-state index >= 15 is 0 Å². The number of hydrogen-bond donors (Lipinski definition) is 0. The second-order valence-electron chi connectivity index (χ2n) is 11.0. The lowest BCUT2D eigenvalue weighted by Gasteiger charge is -2.18. The van der Waals surface area contributed by atoms with Gasteiger partial charge in [-0.2, -0.15) is 0 Å². The molecule has 1 heteroatoms. The van der Waals surface area contributed by atoms with Crippen molar-refractivity contribution >= 4 is 63.8 Å². The third-order valence-electron chi connectivity index (χ3n) is 8.68. The van der Waals surface area contributed by atoms with E-state index in [0.717, 1.165) is 43.8 Å². The highest BCUT2D eigenvalue weighted by molar-refractivity contribution is 7.26. The fraction of sp³-hybridized carbons (Fsp3) is 0. The molecular formula is C42H26S. The highest BCUT2D eigenvalue weighted by Gasteiger charge is 2.19. The molecular weight excluding hydrogens is 537 g/mol. The quantitative estimate of drug-likeness (QED) is 0.187. The van der Waals surface area contributed by atoms with Crippen molar-refractivity contribution in [2.24, 2.45) is 0 Å². The summed E-state index contributed by atoms with van der Waals surface area (Å²) < 4.78 is 28.3. The molecule has 1 heterocycles. The van der Waals surface area contributed by atoms with E-state index in [0.29, 0.717) is 6.04 Å². The Morgan fingerprint density at radius 3 is 1.93 bits per heavy atom. The highest BCUT2D eigenvalue weighted by atomic mass is 32.1. The molecule has 9 aromatic rings. The molecule has 0 aliphatic carbocycles. The Morgan fingerprint density at radius 2 is 1.05 bits per heavy atom. The van der Waals surface area contributed by atoms with Crippen molar-refractivity contribution in [3.05, 3.63) is 158 Å². The van der Waals surface area contributed by atoms with E-state index in [-0.39, 0.29) is 12.1 Å². The van der Waals surface area contributed by atoms with Crippen LogP contribution in [-0.4, -0.2) is 0 Å². The molecule has 0 aliphatic rings. The first-order valence-corrected chi connectivity index (χ1v) is 15.3. The van der Waals surface area contributed by atoms with Gasteiger partial charge in [0, 0.05) is 25.7 Å². The van der Waals surface area contributed by atoms with Crippen molar-refractivity contribution in [2.45, 2.75) is 0 Å². The van der Waals surface area contributed by atoms with Crippen LogP contribution in [0, 0.1) is 0 Å². The Hall–Kier alpha value is -5.24. The van der Waals surface area contributed by atoms with Gasteiger partial charge in [0.05, 0.1) is 4.11 Å². The van der Waals surface area contributed by atoms with E-state index in [9.17, 15) is 0 Å². The summed E-state index contributed by atoms with van der Waals surface area (Å²) in [5.41, 5.74) is 6.61. The standard InChI is InChI=1S/C42H26S/c1-2-13-28(14-3-1)40-32-17-6-8-19-34(32)41(35-20-9-7-18-33(35)40)37-23-11-22-36-38-26-29(24-25-39(38)43-42(36)37)31-21-10-15-27-12-4-5-16-30(27)31/h1-26H/i6D,7D,8D. The first kappa shape index (κ1) is 21.5. The van der Waals surface area contributed by atoms with Crippen LogP contribution < -0.4 is 0 Å². The van der Waals surface area contributed by atoms with Gasteiger partial charge < -0.3 is 0 Å². The molecule has 1 aromatic heterocycles. The van der Waals surface area contributed by atoms with Crippen LogP contribution in [0.1, 0.15) is 4.11 Å². The van der Waals surface area contributed by atoms with E-state index in [4.69, 9.17) is 4.11 Å². The second kappa shape index (κ2) is 9.66. The average molecular weight is 566 g/mol. The molecule has 0 N–H and O–H groups in total. The Kier molecular flexibility index (Phi) is 4.82. The van der Waals surface area contributed by atoms with E-state index in [1.165, 1.54) is 42.1 Å². The minimum atomic E-state index is 0.193. The molecule has 0 amide bonds. The number of thiophene rings is 1. The molecule has 0 radical (unpaired) electrons. The van der Waals surface area contributed by atoms with Gasteiger partial charge in [-0.05, 0) is 72.3 Å². The molecule has 0 saturated heterocycles. The predicted molar refractivity (Wildman–Crippen MR) is 188 cm³/mol. The van der Waals surface area contributed by atoms with Gasteiger partial charge in [-0.1, -0.05) is 146 Å². The smallest absolute Gasteiger partial charge is 0.0623 e. The maximum absolute atomic E-state index is 8.68. The van der Waals surface area contributed by atoms with Crippen molar-refractivity contribution < 1.29 is 4.11 Å². The lowest BCUT2D eigenvalue weighted by Crippen LogP contribution is -1.90. The van der Waals surface area contributed by atoms with Crippen LogP contribution in [0.3, 0.4) is 0 Å². The molecule has 0 saturated carbocycles. The van der Waals surface area contributed by atoms with Gasteiger partial charge in [-0.15, -0.1) is 11.3 Å². The van der Waals surface area contributed by atoms with Crippen LogP contribution in [0.2, 0.25) is 0 Å². The van der Waals surface area contributed by atoms with Crippen LogP contribution in [0.5, 0.6) is 0 Å². The van der Waals surface area contributed by atoms with Crippen LogP contribution in [0.15, 0.2) is 158 Å². The van der Waals surface area contributed by atoms with Crippen molar-refractivity contribution in [1.29, 1.82) is 0 Å². The lowest BCUT2D eigenvalue weighted by molar-refractivity contribution is 1.67. The normalized spacial score (nSPS) is 12.7. The zero-order chi connectivity index (χ0) is 30.9. The summed E-state index contributed by atoms with van der Waals surface area (Å²) in [6, 6.07) is 49.0. The maximum atomic E-state index is 8.68. The van der Waals surface area contributed by atoms with Gasteiger partial charge in [0.2, 0.25) is 0 Å². The Labute approximate surface area is 258 Å². The largest absolute Gasteiger partial charge is 0.135 e. The molecule has 43 heavy (non-hydrogen) atoms. The van der Waals surface area contributed by atoms with E-state index in [1.54, 1.807) is 11.3 Å². The van der Waals surface area contributed by atoms with E-state index < -0.39 is 0 Å². The summed E-state index contributed by atoms with van der Waals surface area (Å²) in [7, 11) is 0. The third-order valence-corrected chi connectivity index (χ3v) is 9.90. The summed E-state index contributed by atoms with van der Waals surface area (Å²) in [6.07, 6.45) is 0. The van der Waals surface area contributed by atoms with Gasteiger partial charge in [0.15, 0.2) is 0 Å². The van der Waals surface area contributed by atoms with E-state index in [1.807, 2.05) is 42.5 Å². The Balaban J connectivity index is 1.37. The topological polar surface area (TPSA) is 0 Å². The van der Waals surface area contributed by atoms with Crippen LogP contribution in [0.4, 0.5) is 0 Å². The minimum Gasteiger partial charge on any atom is -0.135 e. The fourth-order valence-corrected chi connectivity index (χ4v) is 7.99. The molecule has 9 rings (SSSR count). The van der Waals surface area contributed by atoms with Crippen molar-refractivity contribution in [3.63, 3.8) is 0 Å². The summed E-state index contributed by atoms with van der Waals surface area (Å²) in [5.74, 6) is 0. The molecule has 0 aliphatic heterocycles. The van der Waals surface area contributed by atoms with Gasteiger partial charge in [-0.25, -0.2) is 0 Å². The third kappa shape index (κ3) is 3.75. The highest BCUT2D eigenvalue weighted by Crippen LogP contribution is 2.48. The SMILES string of the molecule is [2H]c1ccc2c(-c3cccc4c3sc3ccc(-c5cccc6ccccc56)cc34)c3cc([2H])c([2H])cc3c(-c3ccccc3)c2c1. The van der Waals surface area contributed by atoms with Crippen LogP contribution in [0.25, 0.3) is 85.9 Å². The van der Waals surface area contributed by atoms with Crippen molar-refractivity contribution in [3.8, 4) is 33.4 Å². The first-order chi connectivity index (χ1) is 22.5. The van der Waals surface area contributed by atoms with Crippen molar-refractivity contribution in [2.75, 3.05) is 0 Å². The molecule has 0 atom stereocenters. The summed E-state index contributed by atoms with van der Waals surface area (Å²) >= 11 is 1.80. The summed E-state index contributed by atoms with van der Waals surface area (Å²) in [4.78, 5) is 0. The zero-order valence-electron chi connectivity index (χ0n) is 26.2. The number of hydrogen-bond acceptors (Lipinski definition) is 1. The second-order valence-corrected chi connectivity index (χ2v) is 12.1. The Bertz CT molecular complexity index is 2670. The zero-order valence-corrected chi connectivity index (χ0v) is 24.0. The fourth-order valence-electron chi connectivity index (χ4n) is 6.79. The summed E-state index contributed by atoms with van der Waals surface area (Å²) in [6.45, 7) is 0. The van der Waals surface area contributed by atoms with Crippen LogP contribution in [-0.2, 0) is 0 Å². The molecule has 0 unspecified atom stereocenters. The predicted octanol–water partition coefficient (Wildman–Crippen LogP) is 12.5. The van der Waals surface area contributed by atoms with Gasteiger partial charge >= 0.3 is 0 Å².